The summed E-state index contributed by atoms with van der Waals surface area (Å²) >= 11 is -2.55. The average molecular weight is 194 g/mol. The van der Waals surface area contributed by atoms with E-state index in [4.69, 9.17) is 0 Å². The smallest absolute Gasteiger partial charge is 0.328 e. The molecule has 0 amide bonds. The van der Waals surface area contributed by atoms with E-state index < -0.39 is 17.2 Å². The third kappa shape index (κ3) is 5.22. The van der Waals surface area contributed by atoms with Crippen LogP contribution in [0.1, 0.15) is 26.7 Å². The molecule has 6 heteroatoms. The van der Waals surface area contributed by atoms with Crippen molar-refractivity contribution in [3.63, 3.8) is 0 Å². The Balaban J connectivity index is 3.64. The Hall–Kier alpha value is -0.460. The number of carbonyl (C=O) groups is 1. The fraction of sp³-hybridized carbons (Fsp3) is 0.833. The maximum atomic E-state index is 10.9. The highest BCUT2D eigenvalue weighted by molar-refractivity contribution is 7.76. The highest BCUT2D eigenvalue weighted by atomic mass is 32.2. The molecule has 0 spiro atoms. The largest absolute Gasteiger partial charge is 0.758 e. The lowest BCUT2D eigenvalue weighted by atomic mass is 10.1. The molecule has 0 bridgehead atoms. The first kappa shape index (κ1) is 11.5. The molecule has 0 aliphatic rings. The van der Waals surface area contributed by atoms with E-state index in [2.05, 4.69) is 4.84 Å². The molecule has 12 heavy (non-hydrogen) atoms. The van der Waals surface area contributed by atoms with Crippen LogP contribution in [0.3, 0.4) is 0 Å². The minimum atomic E-state index is -2.55. The number of hydrogen-bond acceptors (Lipinski definition) is 4. The summed E-state index contributed by atoms with van der Waals surface area (Å²) in [6.45, 7) is 3.62. The van der Waals surface area contributed by atoms with E-state index in [9.17, 15) is 13.6 Å². The predicted molar refractivity (Wildman–Crippen MR) is 42.2 cm³/mol. The topological polar surface area (TPSA) is 78.5 Å². The number of hydrogen-bond donors (Lipinski definition) is 1. The van der Waals surface area contributed by atoms with Crippen molar-refractivity contribution >= 4 is 17.2 Å². The molecule has 0 rings (SSSR count). The second-order valence-electron chi connectivity index (χ2n) is 2.43. The van der Waals surface area contributed by atoms with Crippen LogP contribution in [-0.4, -0.2) is 14.7 Å². The molecule has 0 aliphatic heterocycles. The van der Waals surface area contributed by atoms with Crippen LogP contribution < -0.4 is 4.89 Å². The van der Waals surface area contributed by atoms with Gasteiger partial charge in [0.15, 0.2) is 0 Å². The third-order valence-corrected chi connectivity index (χ3v) is 1.55. The Morgan fingerprint density at radius 2 is 2.33 bits per heavy atom. The van der Waals surface area contributed by atoms with Crippen LogP contribution >= 0.6 is 0 Å². The SMILES string of the molecule is CCCC(C)C(=O)ONS(=O)[O-]. The monoisotopic (exact) mass is 194 g/mol. The summed E-state index contributed by atoms with van der Waals surface area (Å²) in [7, 11) is 0. The zero-order valence-corrected chi connectivity index (χ0v) is 7.85. The summed E-state index contributed by atoms with van der Waals surface area (Å²) in [5.74, 6) is -0.827. The normalized spacial score (nSPS) is 15.2. The molecule has 2 atom stereocenters. The summed E-state index contributed by atoms with van der Waals surface area (Å²) in [5, 5.41) is 0. The van der Waals surface area contributed by atoms with Crippen molar-refractivity contribution in [3.05, 3.63) is 0 Å². The number of carbonyl (C=O) groups excluding carboxylic acids is 1. The van der Waals surface area contributed by atoms with Gasteiger partial charge in [-0.3, -0.25) is 9.00 Å². The molecular formula is C6H12NO4S-. The first-order chi connectivity index (χ1) is 5.57. The van der Waals surface area contributed by atoms with E-state index in [0.29, 0.717) is 6.42 Å². The molecule has 0 saturated carbocycles. The highest BCUT2D eigenvalue weighted by Crippen LogP contribution is 2.05. The van der Waals surface area contributed by atoms with Crippen molar-refractivity contribution in [2.24, 2.45) is 5.92 Å². The van der Waals surface area contributed by atoms with Crippen molar-refractivity contribution in [1.82, 2.24) is 4.89 Å². The minimum Gasteiger partial charge on any atom is -0.758 e. The van der Waals surface area contributed by atoms with Crippen LogP contribution in [0.5, 0.6) is 0 Å². The van der Waals surface area contributed by atoms with Gasteiger partial charge < -0.3 is 9.39 Å². The molecule has 0 aromatic carbocycles. The van der Waals surface area contributed by atoms with E-state index in [1.807, 2.05) is 6.92 Å². The molecule has 1 N–H and O–H groups in total. The zero-order chi connectivity index (χ0) is 9.56. The molecule has 0 fully saturated rings. The lowest BCUT2D eigenvalue weighted by Crippen LogP contribution is -2.25. The van der Waals surface area contributed by atoms with E-state index in [1.54, 1.807) is 11.8 Å². The van der Waals surface area contributed by atoms with Gasteiger partial charge in [-0.25, -0.2) is 0 Å². The first-order valence-corrected chi connectivity index (χ1v) is 4.71. The molecule has 2 unspecified atom stereocenters. The van der Waals surface area contributed by atoms with Gasteiger partial charge in [0.05, 0.1) is 17.2 Å². The van der Waals surface area contributed by atoms with E-state index in [0.717, 1.165) is 6.42 Å². The van der Waals surface area contributed by atoms with Crippen LogP contribution in [0.2, 0.25) is 0 Å². The Bertz CT molecular complexity index is 173. The minimum absolute atomic E-state index is 0.272. The fourth-order valence-electron chi connectivity index (χ4n) is 0.727. The van der Waals surface area contributed by atoms with E-state index in [-0.39, 0.29) is 5.92 Å². The molecule has 0 saturated heterocycles. The summed E-state index contributed by atoms with van der Waals surface area (Å²) < 4.78 is 19.8. The summed E-state index contributed by atoms with van der Waals surface area (Å²) in [5.41, 5.74) is 0. The van der Waals surface area contributed by atoms with Crippen molar-refractivity contribution in [2.45, 2.75) is 26.7 Å². The Morgan fingerprint density at radius 1 is 1.75 bits per heavy atom. The van der Waals surface area contributed by atoms with Gasteiger partial charge in [-0.1, -0.05) is 25.2 Å². The van der Waals surface area contributed by atoms with Gasteiger partial charge in [0, 0.05) is 0 Å². The van der Waals surface area contributed by atoms with Gasteiger partial charge in [0.25, 0.3) is 0 Å². The summed E-state index contributed by atoms with van der Waals surface area (Å²) in [6.07, 6.45) is 1.54. The molecule has 72 valence electrons. The van der Waals surface area contributed by atoms with Gasteiger partial charge in [-0.15, -0.1) is 0 Å². The standard InChI is InChI=1S/C6H13NO4S/c1-3-4-5(2)6(8)11-7-12(9)10/h5,7H,3-4H2,1-2H3,(H,9,10)/p-1. The average Bonchev–Trinajstić information content (AvgIpc) is 2.00. The van der Waals surface area contributed by atoms with E-state index >= 15 is 0 Å². The predicted octanol–water partition coefficient (Wildman–Crippen LogP) is 0.265. The quantitative estimate of drug-likeness (QED) is 0.503. The van der Waals surface area contributed by atoms with Crippen molar-refractivity contribution in [3.8, 4) is 0 Å². The van der Waals surface area contributed by atoms with Crippen LogP contribution in [0.15, 0.2) is 0 Å². The number of rotatable bonds is 5. The van der Waals surface area contributed by atoms with Crippen molar-refractivity contribution in [2.75, 3.05) is 0 Å². The Kier molecular flexibility index (Phi) is 5.87. The fourth-order valence-corrected chi connectivity index (χ4v) is 0.877. The van der Waals surface area contributed by atoms with Crippen LogP contribution in [0.4, 0.5) is 0 Å². The summed E-state index contributed by atoms with van der Waals surface area (Å²) in [6, 6.07) is 0. The van der Waals surface area contributed by atoms with Crippen LogP contribution in [0, 0.1) is 5.92 Å². The maximum Gasteiger partial charge on any atom is 0.328 e. The lowest BCUT2D eigenvalue weighted by molar-refractivity contribution is -0.151. The second-order valence-corrected chi connectivity index (χ2v) is 3.06. The lowest BCUT2D eigenvalue weighted by Gasteiger charge is -2.10. The third-order valence-electron chi connectivity index (χ3n) is 1.33. The number of nitrogens with one attached hydrogen (secondary N) is 1. The van der Waals surface area contributed by atoms with Crippen LogP contribution in [-0.2, 0) is 20.9 Å². The van der Waals surface area contributed by atoms with E-state index in [1.165, 1.54) is 0 Å². The van der Waals surface area contributed by atoms with Crippen molar-refractivity contribution in [1.29, 1.82) is 0 Å². The van der Waals surface area contributed by atoms with Gasteiger partial charge in [0.1, 0.15) is 0 Å². The Morgan fingerprint density at radius 3 is 2.75 bits per heavy atom. The molecule has 5 nitrogen and oxygen atoms in total. The van der Waals surface area contributed by atoms with Gasteiger partial charge in [-0.05, 0) is 6.42 Å². The van der Waals surface area contributed by atoms with Gasteiger partial charge in [0.2, 0.25) is 0 Å². The highest BCUT2D eigenvalue weighted by Gasteiger charge is 2.12. The molecule has 0 heterocycles. The summed E-state index contributed by atoms with van der Waals surface area (Å²) in [4.78, 5) is 16.6. The van der Waals surface area contributed by atoms with Crippen molar-refractivity contribution < 1.29 is 18.4 Å². The van der Waals surface area contributed by atoms with Gasteiger partial charge in [-0.2, -0.15) is 0 Å². The van der Waals surface area contributed by atoms with Crippen LogP contribution in [0.25, 0.3) is 0 Å². The second kappa shape index (κ2) is 6.10. The van der Waals surface area contributed by atoms with Gasteiger partial charge >= 0.3 is 5.97 Å². The maximum absolute atomic E-state index is 10.9. The molecule has 0 aromatic heterocycles. The molecule has 0 aliphatic carbocycles. The Labute approximate surface area is 73.9 Å². The zero-order valence-electron chi connectivity index (χ0n) is 7.03. The molecular weight excluding hydrogens is 182 g/mol. The molecule has 0 radical (unpaired) electrons. The molecule has 0 aromatic rings. The first-order valence-electron chi connectivity index (χ1n) is 3.63.